The number of aryl methyl sites for hydroxylation is 1. The van der Waals surface area contributed by atoms with Crippen LogP contribution >= 0.6 is 0 Å². The van der Waals surface area contributed by atoms with Crippen molar-refractivity contribution >= 4 is 0 Å². The Morgan fingerprint density at radius 3 is 2.22 bits per heavy atom. The Morgan fingerprint density at radius 2 is 2.11 bits per heavy atom. The molecule has 44 valence electrons. The average Bonchev–Trinajstić information content (AvgIpc) is 1.87. The molecule has 9 heavy (non-hydrogen) atoms. The van der Waals surface area contributed by atoms with Crippen LogP contribution in [0.3, 0.4) is 0 Å². The molecule has 1 N–H and O–H groups in total. The van der Waals surface area contributed by atoms with Crippen molar-refractivity contribution in [3.05, 3.63) is 11.6 Å². The van der Waals surface area contributed by atoms with Gasteiger partial charge in [0.2, 0.25) is 0 Å². The first-order chi connectivity index (χ1) is 3.29. The Kier molecular flexibility index (Phi) is 8.38. The maximum atomic E-state index is 6.68. The fourth-order valence-electron chi connectivity index (χ4n) is 0.297. The molecule has 1 aromatic rings. The minimum absolute atomic E-state index is 0. The van der Waals surface area contributed by atoms with Gasteiger partial charge in [-0.15, -0.1) is 0 Å². The van der Waals surface area contributed by atoms with Crippen LogP contribution in [0.4, 0.5) is 0 Å². The van der Waals surface area contributed by atoms with Gasteiger partial charge in [0.05, 0.1) is 0 Å². The Balaban J connectivity index is 0. The molecule has 0 bridgehead atoms. The molecule has 0 atom stereocenters. The Hall–Kier alpha value is 1.15. The quantitative estimate of drug-likeness (QED) is 0.689. The third-order valence-electron chi connectivity index (χ3n) is 0.526. The maximum Gasteiger partial charge on any atom is 0.189 e. The summed E-state index contributed by atoms with van der Waals surface area (Å²) in [4.78, 5) is 0. The van der Waals surface area contributed by atoms with Gasteiger partial charge in [0.1, 0.15) is 5.68 Å². The molecule has 0 spiro atoms. The maximum absolute atomic E-state index is 6.68. The number of hydrogen-bond donors (Lipinski definition) is 1. The summed E-state index contributed by atoms with van der Waals surface area (Å²) in [5, 5.41) is 13.4. The Morgan fingerprint density at radius 1 is 1.56 bits per heavy atom. The fourth-order valence-corrected chi connectivity index (χ4v) is 0.297. The van der Waals surface area contributed by atoms with Gasteiger partial charge in [0.15, 0.2) is 5.89 Å². The van der Waals surface area contributed by atoms with Crippen molar-refractivity contribution in [2.45, 2.75) is 6.92 Å². The van der Waals surface area contributed by atoms with E-state index in [0.29, 0.717) is 5.89 Å². The second kappa shape index (κ2) is 5.90. The smallest absolute Gasteiger partial charge is 0.189 e. The van der Waals surface area contributed by atoms with Gasteiger partial charge >= 0.3 is 0 Å². The second-order valence-corrected chi connectivity index (χ2v) is 1.13. The van der Waals surface area contributed by atoms with Crippen LogP contribution in [0.25, 0.3) is 0 Å². The van der Waals surface area contributed by atoms with E-state index in [1.54, 1.807) is 6.92 Å². The van der Waals surface area contributed by atoms with Gasteiger partial charge in [-0.2, -0.15) is 0 Å². The summed E-state index contributed by atoms with van der Waals surface area (Å²) in [6, 6.07) is 0. The zero-order valence-electron chi connectivity index (χ0n) is 4.96. The van der Waals surface area contributed by atoms with Crippen molar-refractivity contribution in [2.75, 3.05) is 0 Å². The SMILES string of the molecule is Cc1n[n-]c(=N)o1.[Y].[Y]. The van der Waals surface area contributed by atoms with Crippen LogP contribution in [0.2, 0.25) is 0 Å². The summed E-state index contributed by atoms with van der Waals surface area (Å²) in [7, 11) is 0. The molecule has 0 aliphatic heterocycles. The summed E-state index contributed by atoms with van der Waals surface area (Å²) in [6.07, 6.45) is 0. The van der Waals surface area contributed by atoms with Crippen molar-refractivity contribution in [2.24, 2.45) is 0 Å². The number of aromatic nitrogens is 2. The minimum atomic E-state index is -0.127. The summed E-state index contributed by atoms with van der Waals surface area (Å²) in [5.41, 5.74) is -0.127. The molecule has 1 aromatic heterocycles. The van der Waals surface area contributed by atoms with Crippen LogP contribution in [-0.4, -0.2) is 5.10 Å². The first-order valence-electron chi connectivity index (χ1n) is 1.81. The molecule has 1 heterocycles. The van der Waals surface area contributed by atoms with E-state index in [4.69, 9.17) is 5.41 Å². The molecule has 0 aromatic carbocycles. The predicted octanol–water partition coefficient (Wildman–Crippen LogP) is -0.585. The van der Waals surface area contributed by atoms with Crippen molar-refractivity contribution in [1.82, 2.24) is 10.2 Å². The molecule has 4 nitrogen and oxygen atoms in total. The summed E-state index contributed by atoms with van der Waals surface area (Å²) < 4.78 is 4.53. The van der Waals surface area contributed by atoms with Gasteiger partial charge in [-0.3, -0.25) is 0 Å². The van der Waals surface area contributed by atoms with E-state index < -0.39 is 0 Å². The number of rotatable bonds is 0. The van der Waals surface area contributed by atoms with Crippen LogP contribution < -0.4 is 10.8 Å². The van der Waals surface area contributed by atoms with E-state index >= 15 is 0 Å². The zero-order chi connectivity index (χ0) is 5.28. The molecular formula is C3H4N3OY2-. The summed E-state index contributed by atoms with van der Waals surface area (Å²) >= 11 is 0. The number of nitrogens with one attached hydrogen (secondary N) is 1. The van der Waals surface area contributed by atoms with Crippen molar-refractivity contribution in [1.29, 1.82) is 5.41 Å². The van der Waals surface area contributed by atoms with E-state index in [1.807, 2.05) is 0 Å². The predicted molar refractivity (Wildman–Crippen MR) is 20.4 cm³/mol. The van der Waals surface area contributed by atoms with E-state index in [9.17, 15) is 0 Å². The van der Waals surface area contributed by atoms with E-state index in [2.05, 4.69) is 14.6 Å². The van der Waals surface area contributed by atoms with Crippen LogP contribution in [0.5, 0.6) is 0 Å². The molecular weight excluding hydrogens is 272 g/mol. The molecule has 0 saturated heterocycles. The van der Waals surface area contributed by atoms with Gasteiger partial charge < -0.3 is 14.9 Å². The molecule has 6 heteroatoms. The molecule has 2 radical (unpaired) electrons. The number of nitrogens with zero attached hydrogens (tertiary/aromatic N) is 2. The molecule has 0 amide bonds. The zero-order valence-corrected chi connectivity index (χ0v) is 10.6. The normalized spacial score (nSPS) is 7.22. The van der Waals surface area contributed by atoms with E-state index in [-0.39, 0.29) is 71.1 Å². The van der Waals surface area contributed by atoms with Crippen LogP contribution in [0.1, 0.15) is 5.89 Å². The summed E-state index contributed by atoms with van der Waals surface area (Å²) in [6.45, 7) is 1.64. The van der Waals surface area contributed by atoms with Crippen molar-refractivity contribution in [3.63, 3.8) is 0 Å². The Labute approximate surface area is 102 Å². The van der Waals surface area contributed by atoms with Gasteiger partial charge in [0.25, 0.3) is 0 Å². The first-order valence-corrected chi connectivity index (χ1v) is 1.81. The van der Waals surface area contributed by atoms with Crippen LogP contribution in [0.15, 0.2) is 4.42 Å². The largest absolute Gasteiger partial charge is 0.450 e. The Bertz CT molecular complexity index is 205. The molecule has 0 fully saturated rings. The monoisotopic (exact) mass is 276 g/mol. The van der Waals surface area contributed by atoms with E-state index in [1.165, 1.54) is 0 Å². The van der Waals surface area contributed by atoms with Gasteiger partial charge in [-0.1, -0.05) is 0 Å². The molecule has 0 aliphatic rings. The van der Waals surface area contributed by atoms with Gasteiger partial charge in [-0.05, 0) is 0 Å². The number of hydrogen-bond acceptors (Lipinski definition) is 3. The van der Waals surface area contributed by atoms with Crippen LogP contribution in [-0.2, 0) is 65.4 Å². The molecule has 0 unspecified atom stereocenters. The minimum Gasteiger partial charge on any atom is -0.450 e. The third-order valence-corrected chi connectivity index (χ3v) is 0.526. The van der Waals surface area contributed by atoms with Crippen molar-refractivity contribution in [3.8, 4) is 0 Å². The van der Waals surface area contributed by atoms with E-state index in [0.717, 1.165) is 0 Å². The second-order valence-electron chi connectivity index (χ2n) is 1.13. The molecule has 0 aliphatic carbocycles. The average molecular weight is 276 g/mol. The van der Waals surface area contributed by atoms with Gasteiger partial charge in [-0.25, -0.2) is 5.10 Å². The van der Waals surface area contributed by atoms with Gasteiger partial charge in [0, 0.05) is 72.3 Å². The standard InChI is InChI=1S/C3H4N3O.2Y/c1-2-5-6-3(4)7-2;;/h1H3,(H-,4,6);;/q-1;;. The van der Waals surface area contributed by atoms with Crippen molar-refractivity contribution < 1.29 is 69.8 Å². The molecule has 0 saturated carbocycles. The molecule has 1 rings (SSSR count). The third kappa shape index (κ3) is 4.54. The summed E-state index contributed by atoms with van der Waals surface area (Å²) in [5.74, 6) is 0.435. The fraction of sp³-hybridized carbons (Fsp3) is 0.333. The first kappa shape index (κ1) is 12.8. The topological polar surface area (TPSA) is 64.0 Å². The van der Waals surface area contributed by atoms with Crippen LogP contribution in [0, 0.1) is 12.3 Å².